The molecule has 1 aromatic heterocycles. The molecule has 1 fully saturated rings. The van der Waals surface area contributed by atoms with Gasteiger partial charge in [0.05, 0.1) is 5.41 Å². The summed E-state index contributed by atoms with van der Waals surface area (Å²) in [5, 5.41) is 21.0. The molecule has 0 aromatic carbocycles. The van der Waals surface area contributed by atoms with Crippen LogP contribution in [0.1, 0.15) is 44.0 Å². The minimum absolute atomic E-state index is 0.0172. The number of anilines is 1. The fourth-order valence-corrected chi connectivity index (χ4v) is 3.13. The molecule has 7 heteroatoms. The van der Waals surface area contributed by atoms with Crippen LogP contribution in [0.15, 0.2) is 0 Å². The van der Waals surface area contributed by atoms with Crippen molar-refractivity contribution in [2.45, 2.75) is 45.4 Å². The number of aryl methyl sites for hydroxylation is 1. The molecule has 1 aliphatic rings. The van der Waals surface area contributed by atoms with Gasteiger partial charge in [-0.1, -0.05) is 31.1 Å². The Morgan fingerprint density at radius 1 is 1.37 bits per heavy atom. The number of aliphatic carboxylic acids is 1. The molecule has 0 spiro atoms. The molecular weight excluding hydrogens is 266 g/mol. The normalized spacial score (nSPS) is 17.3. The lowest BCUT2D eigenvalue weighted by Gasteiger charge is -2.22. The molecule has 0 atom stereocenters. The number of carbonyl (C=O) groups is 2. The summed E-state index contributed by atoms with van der Waals surface area (Å²) in [6.07, 6.45) is 3.69. The van der Waals surface area contributed by atoms with Crippen molar-refractivity contribution in [3.05, 3.63) is 5.01 Å². The molecule has 1 heterocycles. The summed E-state index contributed by atoms with van der Waals surface area (Å²) in [4.78, 5) is 23.3. The van der Waals surface area contributed by atoms with Gasteiger partial charge >= 0.3 is 5.97 Å². The maximum absolute atomic E-state index is 11.9. The molecule has 104 valence electrons. The maximum atomic E-state index is 11.9. The van der Waals surface area contributed by atoms with Gasteiger partial charge in [0.1, 0.15) is 5.01 Å². The van der Waals surface area contributed by atoms with Crippen molar-refractivity contribution in [1.82, 2.24) is 10.2 Å². The number of carboxylic acid groups (broad SMARTS) is 1. The van der Waals surface area contributed by atoms with E-state index in [4.69, 9.17) is 0 Å². The smallest absolute Gasteiger partial charge is 0.310 e. The van der Waals surface area contributed by atoms with E-state index in [1.807, 2.05) is 6.92 Å². The van der Waals surface area contributed by atoms with Gasteiger partial charge in [0.2, 0.25) is 11.0 Å². The molecule has 1 saturated carbocycles. The van der Waals surface area contributed by atoms with Crippen LogP contribution in [0.2, 0.25) is 0 Å². The monoisotopic (exact) mass is 283 g/mol. The van der Waals surface area contributed by atoms with Crippen LogP contribution in [0.3, 0.4) is 0 Å². The highest BCUT2D eigenvalue weighted by Gasteiger charge is 2.43. The number of nitrogens with zero attached hydrogens (tertiary/aromatic N) is 2. The van der Waals surface area contributed by atoms with Gasteiger partial charge in [-0.3, -0.25) is 9.59 Å². The van der Waals surface area contributed by atoms with E-state index in [0.29, 0.717) is 18.0 Å². The highest BCUT2D eigenvalue weighted by Crippen LogP contribution is 2.41. The predicted octanol–water partition coefficient (Wildman–Crippen LogP) is 2.07. The Labute approximate surface area is 115 Å². The van der Waals surface area contributed by atoms with Gasteiger partial charge in [-0.2, -0.15) is 0 Å². The van der Waals surface area contributed by atoms with Gasteiger partial charge in [0.15, 0.2) is 0 Å². The topological polar surface area (TPSA) is 92.2 Å². The third-order valence-corrected chi connectivity index (χ3v) is 4.51. The Kier molecular flexibility index (Phi) is 4.14. The van der Waals surface area contributed by atoms with Crippen LogP contribution in [0.4, 0.5) is 5.13 Å². The summed E-state index contributed by atoms with van der Waals surface area (Å²) in [6, 6.07) is 0. The summed E-state index contributed by atoms with van der Waals surface area (Å²) >= 11 is 1.32. The Morgan fingerprint density at radius 2 is 2.05 bits per heavy atom. The second kappa shape index (κ2) is 5.64. The number of rotatable bonds is 5. The Balaban J connectivity index is 1.98. The Morgan fingerprint density at radius 3 is 2.58 bits per heavy atom. The van der Waals surface area contributed by atoms with Crippen molar-refractivity contribution in [3.63, 3.8) is 0 Å². The van der Waals surface area contributed by atoms with Crippen molar-refractivity contribution >= 4 is 28.3 Å². The zero-order chi connectivity index (χ0) is 13.9. The zero-order valence-corrected chi connectivity index (χ0v) is 11.6. The van der Waals surface area contributed by atoms with E-state index in [1.165, 1.54) is 11.3 Å². The molecule has 2 N–H and O–H groups in total. The molecule has 19 heavy (non-hydrogen) atoms. The summed E-state index contributed by atoms with van der Waals surface area (Å²) in [5.74, 6) is -1.16. The summed E-state index contributed by atoms with van der Waals surface area (Å²) in [6.45, 7) is 1.96. The summed E-state index contributed by atoms with van der Waals surface area (Å²) < 4.78 is 0. The van der Waals surface area contributed by atoms with Gasteiger partial charge in [-0.25, -0.2) is 0 Å². The maximum Gasteiger partial charge on any atom is 0.310 e. The molecule has 0 radical (unpaired) electrons. The fourth-order valence-electron chi connectivity index (χ4n) is 2.44. The van der Waals surface area contributed by atoms with Crippen molar-refractivity contribution in [3.8, 4) is 0 Å². The van der Waals surface area contributed by atoms with Gasteiger partial charge in [-0.15, -0.1) is 10.2 Å². The van der Waals surface area contributed by atoms with Crippen LogP contribution in [0.25, 0.3) is 0 Å². The molecule has 0 aliphatic heterocycles. The highest BCUT2D eigenvalue weighted by atomic mass is 32.1. The Bertz CT molecular complexity index is 480. The lowest BCUT2D eigenvalue weighted by Crippen LogP contribution is -2.32. The molecule has 0 unspecified atom stereocenters. The number of carbonyl (C=O) groups excluding carboxylic acids is 1. The van der Waals surface area contributed by atoms with Crippen molar-refractivity contribution in [2.24, 2.45) is 5.41 Å². The third-order valence-electron chi connectivity index (χ3n) is 3.53. The fraction of sp³-hybridized carbons (Fsp3) is 0.667. The van der Waals surface area contributed by atoms with E-state index in [1.54, 1.807) is 0 Å². The van der Waals surface area contributed by atoms with Crippen LogP contribution in [-0.4, -0.2) is 27.2 Å². The lowest BCUT2D eigenvalue weighted by molar-refractivity contribution is -0.150. The second-order valence-electron chi connectivity index (χ2n) is 4.87. The molecule has 1 aliphatic carbocycles. The standard InChI is InChI=1S/C12H17N3O3S/c1-2-9-14-15-11(19-9)13-8(16)7-12(10(17)18)5-3-4-6-12/h2-7H2,1H3,(H,17,18)(H,13,15,16). The number of nitrogens with one attached hydrogen (secondary N) is 1. The molecule has 0 bridgehead atoms. The minimum atomic E-state index is -0.887. The zero-order valence-electron chi connectivity index (χ0n) is 10.8. The average Bonchev–Trinajstić information content (AvgIpc) is 2.98. The first-order chi connectivity index (χ1) is 9.05. The summed E-state index contributed by atoms with van der Waals surface area (Å²) in [7, 11) is 0. The number of hydrogen-bond acceptors (Lipinski definition) is 5. The molecule has 0 saturated heterocycles. The quantitative estimate of drug-likeness (QED) is 0.863. The largest absolute Gasteiger partial charge is 0.481 e. The SMILES string of the molecule is CCc1nnc(NC(=O)CC2(C(=O)O)CCCC2)s1. The lowest BCUT2D eigenvalue weighted by atomic mass is 9.82. The first-order valence-corrected chi connectivity index (χ1v) is 7.23. The van der Waals surface area contributed by atoms with Crippen molar-refractivity contribution in [1.29, 1.82) is 0 Å². The van der Waals surface area contributed by atoms with Gasteiger partial charge in [0.25, 0.3) is 0 Å². The van der Waals surface area contributed by atoms with Crippen molar-refractivity contribution in [2.75, 3.05) is 5.32 Å². The summed E-state index contributed by atoms with van der Waals surface area (Å²) in [5.41, 5.74) is -0.887. The molecular formula is C12H17N3O3S. The van der Waals surface area contributed by atoms with E-state index in [9.17, 15) is 14.7 Å². The number of aromatic nitrogens is 2. The van der Waals surface area contributed by atoms with E-state index in [0.717, 1.165) is 24.3 Å². The van der Waals surface area contributed by atoms with E-state index >= 15 is 0 Å². The predicted molar refractivity (Wildman–Crippen MR) is 71.1 cm³/mol. The van der Waals surface area contributed by atoms with Crippen LogP contribution in [0, 0.1) is 5.41 Å². The van der Waals surface area contributed by atoms with Crippen molar-refractivity contribution < 1.29 is 14.7 Å². The molecule has 1 aromatic rings. The van der Waals surface area contributed by atoms with Gasteiger partial charge < -0.3 is 10.4 Å². The van der Waals surface area contributed by atoms with E-state index in [-0.39, 0.29) is 12.3 Å². The number of amides is 1. The highest BCUT2D eigenvalue weighted by molar-refractivity contribution is 7.15. The second-order valence-corrected chi connectivity index (χ2v) is 5.93. The van der Waals surface area contributed by atoms with E-state index < -0.39 is 11.4 Å². The number of carboxylic acids is 1. The molecule has 2 rings (SSSR count). The van der Waals surface area contributed by atoms with Crippen LogP contribution >= 0.6 is 11.3 Å². The van der Waals surface area contributed by atoms with Gasteiger partial charge in [0, 0.05) is 6.42 Å². The van der Waals surface area contributed by atoms with Crippen LogP contribution in [0.5, 0.6) is 0 Å². The first-order valence-electron chi connectivity index (χ1n) is 6.41. The molecule has 6 nitrogen and oxygen atoms in total. The molecule has 1 amide bonds. The van der Waals surface area contributed by atoms with Crippen LogP contribution < -0.4 is 5.32 Å². The average molecular weight is 283 g/mol. The van der Waals surface area contributed by atoms with E-state index in [2.05, 4.69) is 15.5 Å². The Hall–Kier alpha value is -1.50. The van der Waals surface area contributed by atoms with Crippen LogP contribution in [-0.2, 0) is 16.0 Å². The van der Waals surface area contributed by atoms with Gasteiger partial charge in [-0.05, 0) is 19.3 Å². The first kappa shape index (κ1) is 13.9. The third kappa shape index (κ3) is 3.09. The minimum Gasteiger partial charge on any atom is -0.481 e. The number of hydrogen-bond donors (Lipinski definition) is 2.